The molecule has 0 aliphatic carbocycles. The predicted octanol–water partition coefficient (Wildman–Crippen LogP) is 2.45. The van der Waals surface area contributed by atoms with Gasteiger partial charge in [0, 0.05) is 17.8 Å². The molecule has 5 nitrogen and oxygen atoms in total. The molecular formula is C14H13ClN2O3S. The number of fused-ring (bicyclic) bond motifs is 1. The van der Waals surface area contributed by atoms with E-state index in [0.717, 1.165) is 11.3 Å². The molecule has 1 aromatic heterocycles. The Labute approximate surface area is 128 Å². The lowest BCUT2D eigenvalue weighted by Gasteiger charge is -2.17. The van der Waals surface area contributed by atoms with Crippen LogP contribution in [0.5, 0.6) is 5.75 Å². The molecule has 3 rings (SSSR count). The Morgan fingerprint density at radius 2 is 2.10 bits per heavy atom. The van der Waals surface area contributed by atoms with Crippen molar-refractivity contribution in [2.45, 2.75) is 18.0 Å². The van der Waals surface area contributed by atoms with Crippen LogP contribution in [0.25, 0.3) is 0 Å². The fraction of sp³-hybridized carbons (Fsp3) is 0.214. The zero-order valence-electron chi connectivity index (χ0n) is 11.3. The van der Waals surface area contributed by atoms with E-state index in [4.69, 9.17) is 16.3 Å². The van der Waals surface area contributed by atoms with Gasteiger partial charge in [0.2, 0.25) is 10.0 Å². The largest absolute Gasteiger partial charge is 0.495 e. The van der Waals surface area contributed by atoms with Crippen LogP contribution in [0.4, 0.5) is 0 Å². The number of hydrogen-bond donors (Lipinski definition) is 0. The third-order valence-electron chi connectivity index (χ3n) is 3.40. The lowest BCUT2D eigenvalue weighted by molar-refractivity contribution is 0.392. The van der Waals surface area contributed by atoms with E-state index in [2.05, 4.69) is 4.98 Å². The van der Waals surface area contributed by atoms with Crippen molar-refractivity contribution in [1.29, 1.82) is 0 Å². The summed E-state index contributed by atoms with van der Waals surface area (Å²) in [4.78, 5) is 4.29. The Morgan fingerprint density at radius 1 is 1.29 bits per heavy atom. The van der Waals surface area contributed by atoms with Crippen molar-refractivity contribution in [3.05, 3.63) is 52.8 Å². The molecular weight excluding hydrogens is 312 g/mol. The van der Waals surface area contributed by atoms with Crippen molar-refractivity contribution in [2.75, 3.05) is 7.11 Å². The molecule has 0 saturated heterocycles. The molecule has 1 aliphatic rings. The fourth-order valence-corrected chi connectivity index (χ4v) is 4.13. The molecule has 21 heavy (non-hydrogen) atoms. The summed E-state index contributed by atoms with van der Waals surface area (Å²) in [7, 11) is -2.25. The first-order chi connectivity index (χ1) is 10.0. The Balaban J connectivity index is 2.02. The zero-order valence-corrected chi connectivity index (χ0v) is 12.9. The molecule has 0 bridgehead atoms. The van der Waals surface area contributed by atoms with Gasteiger partial charge in [-0.15, -0.1) is 0 Å². The van der Waals surface area contributed by atoms with E-state index in [-0.39, 0.29) is 17.2 Å². The van der Waals surface area contributed by atoms with Gasteiger partial charge in [0.1, 0.15) is 10.6 Å². The van der Waals surface area contributed by atoms with Gasteiger partial charge < -0.3 is 4.74 Å². The Bertz CT molecular complexity index is 768. The third kappa shape index (κ3) is 2.50. The van der Waals surface area contributed by atoms with Crippen LogP contribution in [0.1, 0.15) is 11.3 Å². The van der Waals surface area contributed by atoms with E-state index in [0.29, 0.717) is 11.6 Å². The van der Waals surface area contributed by atoms with Crippen LogP contribution in [0.15, 0.2) is 41.4 Å². The molecule has 0 atom stereocenters. The fourth-order valence-electron chi connectivity index (χ4n) is 2.33. The number of pyridine rings is 1. The predicted molar refractivity (Wildman–Crippen MR) is 78.7 cm³/mol. The average molecular weight is 325 g/mol. The quantitative estimate of drug-likeness (QED) is 0.870. The Hall–Kier alpha value is -1.63. The van der Waals surface area contributed by atoms with Gasteiger partial charge in [-0.2, -0.15) is 4.31 Å². The lowest BCUT2D eigenvalue weighted by atomic mass is 10.2. The standard InChI is InChI=1S/C14H13ClN2O3S/c1-20-13-5-4-11(15)7-14(13)21(18,19)17-8-10-3-2-6-16-12(10)9-17/h2-7H,8-9H2,1H3. The average Bonchev–Trinajstić information content (AvgIpc) is 2.92. The van der Waals surface area contributed by atoms with Gasteiger partial charge in [-0.25, -0.2) is 8.42 Å². The van der Waals surface area contributed by atoms with Crippen LogP contribution in [0.3, 0.4) is 0 Å². The number of rotatable bonds is 3. The van der Waals surface area contributed by atoms with Crippen molar-refractivity contribution in [3.8, 4) is 5.75 Å². The number of aromatic nitrogens is 1. The summed E-state index contributed by atoms with van der Waals surface area (Å²) in [5.74, 6) is 0.281. The van der Waals surface area contributed by atoms with Crippen LogP contribution in [0.2, 0.25) is 5.02 Å². The summed E-state index contributed by atoms with van der Waals surface area (Å²) in [6.45, 7) is 0.565. The van der Waals surface area contributed by atoms with Crippen molar-refractivity contribution in [3.63, 3.8) is 0 Å². The number of halogens is 1. The Kier molecular flexibility index (Phi) is 3.61. The number of nitrogens with zero attached hydrogens (tertiary/aromatic N) is 2. The molecule has 0 unspecified atom stereocenters. The molecule has 1 aliphatic heterocycles. The SMILES string of the molecule is COc1ccc(Cl)cc1S(=O)(=O)N1Cc2cccnc2C1. The normalized spacial score (nSPS) is 15.0. The summed E-state index contributed by atoms with van der Waals surface area (Å²) in [5, 5.41) is 0.351. The molecule has 0 saturated carbocycles. The first-order valence-corrected chi connectivity index (χ1v) is 8.10. The molecule has 7 heteroatoms. The Morgan fingerprint density at radius 3 is 2.81 bits per heavy atom. The smallest absolute Gasteiger partial charge is 0.247 e. The van der Waals surface area contributed by atoms with E-state index in [9.17, 15) is 8.42 Å². The summed E-state index contributed by atoms with van der Waals surface area (Å²) in [6, 6.07) is 8.24. The van der Waals surface area contributed by atoms with Crippen molar-refractivity contribution in [2.24, 2.45) is 0 Å². The van der Waals surface area contributed by atoms with Gasteiger partial charge in [-0.05, 0) is 29.8 Å². The zero-order chi connectivity index (χ0) is 15.0. The van der Waals surface area contributed by atoms with Crippen LogP contribution in [0, 0.1) is 0 Å². The highest BCUT2D eigenvalue weighted by atomic mass is 35.5. The molecule has 0 N–H and O–H groups in total. The molecule has 0 spiro atoms. The van der Waals surface area contributed by atoms with Gasteiger partial charge in [0.05, 0.1) is 19.3 Å². The van der Waals surface area contributed by atoms with E-state index < -0.39 is 10.0 Å². The van der Waals surface area contributed by atoms with Gasteiger partial charge in [-0.1, -0.05) is 17.7 Å². The second kappa shape index (κ2) is 5.29. The molecule has 0 radical (unpaired) electrons. The lowest BCUT2D eigenvalue weighted by Crippen LogP contribution is -2.26. The van der Waals surface area contributed by atoms with Crippen LogP contribution in [-0.4, -0.2) is 24.8 Å². The first-order valence-electron chi connectivity index (χ1n) is 6.29. The second-order valence-corrected chi connectivity index (χ2v) is 7.02. The van der Waals surface area contributed by atoms with Gasteiger partial charge in [0.15, 0.2) is 0 Å². The van der Waals surface area contributed by atoms with Crippen molar-refractivity contribution >= 4 is 21.6 Å². The molecule has 1 aromatic carbocycles. The highest BCUT2D eigenvalue weighted by Gasteiger charge is 2.33. The summed E-state index contributed by atoms with van der Waals surface area (Å²) in [6.07, 6.45) is 1.66. The molecule has 2 heterocycles. The summed E-state index contributed by atoms with van der Waals surface area (Å²) in [5.41, 5.74) is 1.70. The monoisotopic (exact) mass is 324 g/mol. The van der Waals surface area contributed by atoms with Gasteiger partial charge >= 0.3 is 0 Å². The van der Waals surface area contributed by atoms with Gasteiger partial charge in [0.25, 0.3) is 0 Å². The number of ether oxygens (including phenoxy) is 1. The van der Waals surface area contributed by atoms with Crippen molar-refractivity contribution < 1.29 is 13.2 Å². The molecule has 2 aromatic rings. The molecule has 110 valence electrons. The van der Waals surface area contributed by atoms with E-state index in [1.165, 1.54) is 17.5 Å². The first kappa shape index (κ1) is 14.3. The maximum Gasteiger partial charge on any atom is 0.247 e. The van der Waals surface area contributed by atoms with E-state index in [1.54, 1.807) is 24.4 Å². The highest BCUT2D eigenvalue weighted by Crippen LogP contribution is 2.33. The van der Waals surface area contributed by atoms with E-state index in [1.807, 2.05) is 6.07 Å². The van der Waals surface area contributed by atoms with Crippen LogP contribution in [-0.2, 0) is 23.1 Å². The molecule has 0 amide bonds. The minimum Gasteiger partial charge on any atom is -0.495 e. The highest BCUT2D eigenvalue weighted by molar-refractivity contribution is 7.89. The van der Waals surface area contributed by atoms with E-state index >= 15 is 0 Å². The van der Waals surface area contributed by atoms with Gasteiger partial charge in [-0.3, -0.25) is 4.98 Å². The minimum atomic E-state index is -3.69. The maximum atomic E-state index is 12.8. The molecule has 0 fully saturated rings. The maximum absolute atomic E-state index is 12.8. The number of sulfonamides is 1. The minimum absolute atomic E-state index is 0.0744. The summed E-state index contributed by atoms with van der Waals surface area (Å²) >= 11 is 5.92. The topological polar surface area (TPSA) is 59.5 Å². The number of benzene rings is 1. The third-order valence-corrected chi connectivity index (χ3v) is 5.45. The van der Waals surface area contributed by atoms with Crippen LogP contribution >= 0.6 is 11.6 Å². The van der Waals surface area contributed by atoms with Crippen molar-refractivity contribution in [1.82, 2.24) is 9.29 Å². The summed E-state index contributed by atoms with van der Waals surface area (Å²) < 4.78 is 32.1. The number of hydrogen-bond acceptors (Lipinski definition) is 4. The van der Waals surface area contributed by atoms with Crippen LogP contribution < -0.4 is 4.74 Å². The second-order valence-electron chi connectivity index (χ2n) is 4.68. The number of methoxy groups -OCH3 is 1.